The number of halogens is 1. The molecule has 1 aromatic carbocycles. The summed E-state index contributed by atoms with van der Waals surface area (Å²) in [5, 5.41) is 2.69. The summed E-state index contributed by atoms with van der Waals surface area (Å²) >= 11 is 0. The van der Waals surface area contributed by atoms with Gasteiger partial charge < -0.3 is 10.2 Å². The van der Waals surface area contributed by atoms with Crippen LogP contribution in [0.3, 0.4) is 0 Å². The fourth-order valence-corrected chi connectivity index (χ4v) is 2.58. The van der Waals surface area contributed by atoms with Gasteiger partial charge in [-0.05, 0) is 24.6 Å². The molecule has 0 unspecified atom stereocenters. The van der Waals surface area contributed by atoms with Crippen LogP contribution in [0.1, 0.15) is 20.3 Å². The lowest BCUT2D eigenvalue weighted by Gasteiger charge is -2.35. The van der Waals surface area contributed by atoms with Crippen LogP contribution in [0.25, 0.3) is 0 Å². The van der Waals surface area contributed by atoms with Gasteiger partial charge in [0.2, 0.25) is 11.8 Å². The number of nitrogens with zero attached hydrogens (tertiary/aromatic N) is 2. The second-order valence-electron chi connectivity index (χ2n) is 5.97. The number of carbonyl (C=O) groups is 2. The Balaban J connectivity index is 1.77. The monoisotopic (exact) mass is 321 g/mol. The van der Waals surface area contributed by atoms with Crippen LogP contribution < -0.4 is 5.32 Å². The first kappa shape index (κ1) is 17.4. The van der Waals surface area contributed by atoms with Crippen molar-refractivity contribution in [2.24, 2.45) is 5.92 Å². The summed E-state index contributed by atoms with van der Waals surface area (Å²) in [6.45, 7) is 6.86. The highest BCUT2D eigenvalue weighted by Crippen LogP contribution is 2.11. The molecule has 1 aromatic rings. The first-order valence-electron chi connectivity index (χ1n) is 8.06. The van der Waals surface area contributed by atoms with Gasteiger partial charge in [0.05, 0.1) is 6.54 Å². The second-order valence-corrected chi connectivity index (χ2v) is 5.97. The highest BCUT2D eigenvalue weighted by atomic mass is 19.1. The molecule has 1 aliphatic heterocycles. The highest BCUT2D eigenvalue weighted by Gasteiger charge is 2.24. The van der Waals surface area contributed by atoms with Crippen molar-refractivity contribution >= 4 is 17.5 Å². The third kappa shape index (κ3) is 5.03. The minimum atomic E-state index is -0.375. The number of benzene rings is 1. The molecule has 2 rings (SSSR count). The third-order valence-electron chi connectivity index (χ3n) is 4.19. The maximum Gasteiger partial charge on any atom is 0.238 e. The molecule has 0 spiro atoms. The van der Waals surface area contributed by atoms with E-state index in [1.165, 1.54) is 12.1 Å². The predicted molar refractivity (Wildman–Crippen MR) is 87.5 cm³/mol. The van der Waals surface area contributed by atoms with Gasteiger partial charge >= 0.3 is 0 Å². The quantitative estimate of drug-likeness (QED) is 0.902. The molecule has 1 heterocycles. The van der Waals surface area contributed by atoms with Crippen molar-refractivity contribution < 1.29 is 14.0 Å². The van der Waals surface area contributed by atoms with Crippen molar-refractivity contribution in [1.29, 1.82) is 0 Å². The van der Waals surface area contributed by atoms with Crippen molar-refractivity contribution in [3.63, 3.8) is 0 Å². The molecule has 0 bridgehead atoms. The lowest BCUT2D eigenvalue weighted by Crippen LogP contribution is -2.51. The highest BCUT2D eigenvalue weighted by molar-refractivity contribution is 5.92. The molecule has 1 aliphatic rings. The van der Waals surface area contributed by atoms with Gasteiger partial charge in [-0.25, -0.2) is 4.39 Å². The van der Waals surface area contributed by atoms with Crippen LogP contribution in [-0.2, 0) is 9.59 Å². The minimum Gasteiger partial charge on any atom is -0.340 e. The summed E-state index contributed by atoms with van der Waals surface area (Å²) in [6.07, 6.45) is 0.842. The van der Waals surface area contributed by atoms with E-state index >= 15 is 0 Å². The molecule has 0 aliphatic carbocycles. The molecule has 126 valence electrons. The largest absolute Gasteiger partial charge is 0.340 e. The number of rotatable bonds is 5. The summed E-state index contributed by atoms with van der Waals surface area (Å²) in [7, 11) is 0. The number of nitrogens with one attached hydrogen (secondary N) is 1. The Labute approximate surface area is 136 Å². The summed E-state index contributed by atoms with van der Waals surface area (Å²) in [4.78, 5) is 28.0. The van der Waals surface area contributed by atoms with Crippen LogP contribution in [0, 0.1) is 11.7 Å². The average Bonchev–Trinajstić information content (AvgIpc) is 2.54. The zero-order valence-corrected chi connectivity index (χ0v) is 13.7. The van der Waals surface area contributed by atoms with Crippen molar-refractivity contribution in [2.45, 2.75) is 20.3 Å². The molecular weight excluding hydrogens is 297 g/mol. The molecule has 2 amide bonds. The summed E-state index contributed by atoms with van der Waals surface area (Å²) in [5.74, 6) is -0.300. The average molecular weight is 321 g/mol. The van der Waals surface area contributed by atoms with Crippen LogP contribution >= 0.6 is 0 Å². The van der Waals surface area contributed by atoms with E-state index < -0.39 is 0 Å². The van der Waals surface area contributed by atoms with E-state index in [0.29, 0.717) is 31.9 Å². The molecule has 1 fully saturated rings. The normalized spacial score (nSPS) is 16.9. The molecule has 0 aromatic heterocycles. The van der Waals surface area contributed by atoms with Gasteiger partial charge in [-0.1, -0.05) is 19.9 Å². The molecule has 6 heteroatoms. The van der Waals surface area contributed by atoms with Crippen LogP contribution in [-0.4, -0.2) is 54.3 Å². The second kappa shape index (κ2) is 8.06. The number of hydrogen-bond acceptors (Lipinski definition) is 3. The van der Waals surface area contributed by atoms with E-state index in [4.69, 9.17) is 0 Å². The fraction of sp³-hybridized carbons (Fsp3) is 0.529. The zero-order valence-electron chi connectivity index (χ0n) is 13.7. The Morgan fingerprint density at radius 1 is 1.26 bits per heavy atom. The van der Waals surface area contributed by atoms with E-state index in [1.54, 1.807) is 12.1 Å². The van der Waals surface area contributed by atoms with Crippen LogP contribution in [0.2, 0.25) is 0 Å². The van der Waals surface area contributed by atoms with Gasteiger partial charge in [0.15, 0.2) is 0 Å². The third-order valence-corrected chi connectivity index (χ3v) is 4.19. The molecule has 5 nitrogen and oxygen atoms in total. The Morgan fingerprint density at radius 3 is 2.57 bits per heavy atom. The maximum absolute atomic E-state index is 13.1. The molecule has 1 N–H and O–H groups in total. The summed E-state index contributed by atoms with van der Waals surface area (Å²) in [6, 6.07) is 5.85. The predicted octanol–water partition coefficient (Wildman–Crippen LogP) is 1.95. The van der Waals surface area contributed by atoms with Crippen molar-refractivity contribution in [1.82, 2.24) is 9.80 Å². The number of hydrogen-bond donors (Lipinski definition) is 1. The standard InChI is InChI=1S/C17H24FN3O2/c1-3-13(2)17(23)21-9-7-20(8-10-21)12-16(22)19-15-6-4-5-14(18)11-15/h4-6,11,13H,3,7-10,12H2,1-2H3,(H,19,22)/t13-/m0/s1. The van der Waals surface area contributed by atoms with E-state index in [1.807, 2.05) is 23.6 Å². The molecule has 0 saturated carbocycles. The van der Waals surface area contributed by atoms with Gasteiger partial charge in [0.25, 0.3) is 0 Å². The van der Waals surface area contributed by atoms with Crippen LogP contribution in [0.15, 0.2) is 24.3 Å². The first-order valence-corrected chi connectivity index (χ1v) is 8.06. The van der Waals surface area contributed by atoms with Gasteiger partial charge in [-0.15, -0.1) is 0 Å². The van der Waals surface area contributed by atoms with Crippen molar-refractivity contribution in [3.05, 3.63) is 30.1 Å². The fourth-order valence-electron chi connectivity index (χ4n) is 2.58. The van der Waals surface area contributed by atoms with E-state index in [0.717, 1.165) is 6.42 Å². The molecule has 1 atom stereocenters. The van der Waals surface area contributed by atoms with Gasteiger partial charge in [0, 0.05) is 37.8 Å². The minimum absolute atomic E-state index is 0.0535. The number of anilines is 1. The molecule has 1 saturated heterocycles. The number of amides is 2. The van der Waals surface area contributed by atoms with Crippen LogP contribution in [0.4, 0.5) is 10.1 Å². The lowest BCUT2D eigenvalue weighted by atomic mass is 10.1. The molecule has 0 radical (unpaired) electrons. The van der Waals surface area contributed by atoms with Crippen LogP contribution in [0.5, 0.6) is 0 Å². The van der Waals surface area contributed by atoms with Gasteiger partial charge in [0.1, 0.15) is 5.82 Å². The number of piperazine rings is 1. The topological polar surface area (TPSA) is 52.7 Å². The van der Waals surface area contributed by atoms with E-state index in [2.05, 4.69) is 5.32 Å². The van der Waals surface area contributed by atoms with Gasteiger partial charge in [-0.3, -0.25) is 14.5 Å². The maximum atomic E-state index is 13.1. The summed E-state index contributed by atoms with van der Waals surface area (Å²) in [5.41, 5.74) is 0.459. The first-order chi connectivity index (χ1) is 11.0. The number of carbonyl (C=O) groups excluding carboxylic acids is 2. The SMILES string of the molecule is CC[C@H](C)C(=O)N1CCN(CC(=O)Nc2cccc(F)c2)CC1. The van der Waals surface area contributed by atoms with E-state index in [9.17, 15) is 14.0 Å². The Morgan fingerprint density at radius 2 is 1.96 bits per heavy atom. The molecule has 23 heavy (non-hydrogen) atoms. The zero-order chi connectivity index (χ0) is 16.8. The molecular formula is C17H24FN3O2. The smallest absolute Gasteiger partial charge is 0.238 e. The van der Waals surface area contributed by atoms with E-state index in [-0.39, 0.29) is 30.1 Å². The Hall–Kier alpha value is -1.95. The lowest BCUT2D eigenvalue weighted by molar-refractivity contribution is -0.136. The van der Waals surface area contributed by atoms with Crippen molar-refractivity contribution in [2.75, 3.05) is 38.0 Å². The Bertz CT molecular complexity index is 557. The Kier molecular flexibility index (Phi) is 6.10. The summed E-state index contributed by atoms with van der Waals surface area (Å²) < 4.78 is 13.1. The van der Waals surface area contributed by atoms with Gasteiger partial charge in [-0.2, -0.15) is 0 Å². The van der Waals surface area contributed by atoms with Crippen molar-refractivity contribution in [3.8, 4) is 0 Å².